The molecule has 0 unspecified atom stereocenters. The molecule has 0 atom stereocenters. The molecule has 0 radical (unpaired) electrons. The quantitative estimate of drug-likeness (QED) is 0.295. The molecule has 0 aromatic rings. The van der Waals surface area contributed by atoms with Gasteiger partial charge in [0.05, 0.1) is 5.71 Å². The third-order valence-corrected chi connectivity index (χ3v) is 2.35. The predicted molar refractivity (Wildman–Crippen MR) is 81.8 cm³/mol. The van der Waals surface area contributed by atoms with Crippen LogP contribution in [0, 0.1) is 0 Å². The summed E-state index contributed by atoms with van der Waals surface area (Å²) < 4.78 is 0. The molecule has 9 nitrogen and oxygen atoms in total. The van der Waals surface area contributed by atoms with Crippen LogP contribution in [0.25, 0.3) is 0 Å². The molecule has 0 spiro atoms. The normalized spacial score (nSPS) is 15.7. The summed E-state index contributed by atoms with van der Waals surface area (Å²) in [6.45, 7) is 4.26. The summed E-state index contributed by atoms with van der Waals surface area (Å²) in [6.07, 6.45) is 5.74. The summed E-state index contributed by atoms with van der Waals surface area (Å²) in [7, 11) is 0. The van der Waals surface area contributed by atoms with E-state index in [-0.39, 0.29) is 11.9 Å². The van der Waals surface area contributed by atoms with Crippen LogP contribution in [-0.2, 0) is 0 Å². The molecule has 1 aliphatic rings. The summed E-state index contributed by atoms with van der Waals surface area (Å²) in [4.78, 5) is 1.87. The molecule has 0 saturated heterocycles. The van der Waals surface area contributed by atoms with Crippen molar-refractivity contribution in [1.82, 2.24) is 4.90 Å². The van der Waals surface area contributed by atoms with Gasteiger partial charge in [-0.1, -0.05) is 12.2 Å². The Morgan fingerprint density at radius 1 is 1.00 bits per heavy atom. The van der Waals surface area contributed by atoms with Gasteiger partial charge in [-0.05, 0) is 13.8 Å². The number of guanidine groups is 2. The molecule has 0 bridgehead atoms. The molecule has 9 heteroatoms. The van der Waals surface area contributed by atoms with Crippen LogP contribution in [0.5, 0.6) is 0 Å². The molecular formula is C11H19N9. The highest BCUT2D eigenvalue weighted by atomic mass is 15.3. The molecule has 0 aromatic carbocycles. The van der Waals surface area contributed by atoms with Crippen molar-refractivity contribution in [2.75, 3.05) is 6.54 Å². The van der Waals surface area contributed by atoms with Gasteiger partial charge in [0.15, 0.2) is 0 Å². The van der Waals surface area contributed by atoms with E-state index < -0.39 is 0 Å². The van der Waals surface area contributed by atoms with Crippen molar-refractivity contribution in [3.63, 3.8) is 0 Å². The molecule has 8 N–H and O–H groups in total. The monoisotopic (exact) mass is 277 g/mol. The Labute approximate surface area is 117 Å². The lowest BCUT2D eigenvalue weighted by atomic mass is 10.1. The van der Waals surface area contributed by atoms with E-state index in [1.807, 2.05) is 23.3 Å². The summed E-state index contributed by atoms with van der Waals surface area (Å²) in [5.74, 6) is 0.466. The van der Waals surface area contributed by atoms with Crippen LogP contribution in [0.15, 0.2) is 44.3 Å². The van der Waals surface area contributed by atoms with E-state index >= 15 is 0 Å². The number of nitrogens with zero attached hydrogens (tertiary/aromatic N) is 5. The minimum absolute atomic E-state index is 0.0907. The summed E-state index contributed by atoms with van der Waals surface area (Å²) in [6, 6.07) is 0. The average Bonchev–Trinajstić information content (AvgIpc) is 2.42. The van der Waals surface area contributed by atoms with Gasteiger partial charge in [0.1, 0.15) is 5.84 Å². The minimum atomic E-state index is -0.0911. The average molecular weight is 277 g/mol. The molecule has 1 aliphatic heterocycles. The van der Waals surface area contributed by atoms with E-state index in [1.54, 1.807) is 13.8 Å². The van der Waals surface area contributed by atoms with E-state index in [9.17, 15) is 0 Å². The van der Waals surface area contributed by atoms with Crippen molar-refractivity contribution in [3.8, 4) is 0 Å². The molecule has 0 aromatic heterocycles. The van der Waals surface area contributed by atoms with Crippen LogP contribution in [0.4, 0.5) is 0 Å². The summed E-state index contributed by atoms with van der Waals surface area (Å²) in [5.41, 5.74) is 22.5. The lowest BCUT2D eigenvalue weighted by molar-refractivity contribution is 0.605. The second kappa shape index (κ2) is 6.92. The Bertz CT molecular complexity index is 528. The van der Waals surface area contributed by atoms with Crippen LogP contribution < -0.4 is 22.9 Å². The first-order valence-corrected chi connectivity index (χ1v) is 5.82. The number of hydrogen-bond donors (Lipinski definition) is 4. The van der Waals surface area contributed by atoms with E-state index in [4.69, 9.17) is 22.9 Å². The highest BCUT2D eigenvalue weighted by Gasteiger charge is 2.10. The van der Waals surface area contributed by atoms with Gasteiger partial charge < -0.3 is 27.8 Å². The third kappa shape index (κ3) is 4.80. The first-order valence-electron chi connectivity index (χ1n) is 5.82. The Morgan fingerprint density at radius 3 is 2.20 bits per heavy atom. The fourth-order valence-electron chi connectivity index (χ4n) is 1.37. The van der Waals surface area contributed by atoms with Crippen LogP contribution >= 0.6 is 0 Å². The molecule has 0 fully saturated rings. The van der Waals surface area contributed by atoms with E-state index in [0.29, 0.717) is 18.1 Å². The van der Waals surface area contributed by atoms with Crippen molar-refractivity contribution in [2.24, 2.45) is 43.3 Å². The number of hydrogen-bond acceptors (Lipinski definition) is 4. The van der Waals surface area contributed by atoms with Gasteiger partial charge in [0.25, 0.3) is 0 Å². The SMILES string of the molecule is CC(=NN=C(N)N)C1=CN(C(C)=NN=C(N)N)CC=C1. The highest BCUT2D eigenvalue weighted by molar-refractivity contribution is 6.01. The zero-order valence-corrected chi connectivity index (χ0v) is 11.5. The van der Waals surface area contributed by atoms with Gasteiger partial charge in [-0.3, -0.25) is 0 Å². The maximum absolute atomic E-state index is 5.23. The molecule has 108 valence electrons. The molecule has 20 heavy (non-hydrogen) atoms. The van der Waals surface area contributed by atoms with Crippen molar-refractivity contribution >= 4 is 23.5 Å². The zero-order valence-electron chi connectivity index (χ0n) is 11.5. The molecule has 1 heterocycles. The van der Waals surface area contributed by atoms with Crippen LogP contribution in [0.2, 0.25) is 0 Å². The van der Waals surface area contributed by atoms with Crippen molar-refractivity contribution in [3.05, 3.63) is 23.9 Å². The van der Waals surface area contributed by atoms with E-state index in [0.717, 1.165) is 5.57 Å². The molecule has 0 saturated carbocycles. The van der Waals surface area contributed by atoms with Crippen molar-refractivity contribution < 1.29 is 0 Å². The van der Waals surface area contributed by atoms with Crippen LogP contribution in [0.1, 0.15) is 13.8 Å². The van der Waals surface area contributed by atoms with Crippen molar-refractivity contribution in [2.45, 2.75) is 13.8 Å². The molecular weight excluding hydrogens is 258 g/mol. The van der Waals surface area contributed by atoms with Crippen LogP contribution in [0.3, 0.4) is 0 Å². The van der Waals surface area contributed by atoms with E-state index in [1.165, 1.54) is 0 Å². The first kappa shape index (κ1) is 15.2. The Balaban J connectivity index is 2.92. The third-order valence-electron chi connectivity index (χ3n) is 2.35. The second-order valence-electron chi connectivity index (χ2n) is 4.02. The topological polar surface area (TPSA) is 157 Å². The molecule has 1 rings (SSSR count). The fourth-order valence-corrected chi connectivity index (χ4v) is 1.37. The summed E-state index contributed by atoms with van der Waals surface area (Å²) >= 11 is 0. The van der Waals surface area contributed by atoms with Crippen LogP contribution in [-0.4, -0.2) is 34.9 Å². The molecule has 0 aliphatic carbocycles. The van der Waals surface area contributed by atoms with E-state index in [2.05, 4.69) is 20.4 Å². The Morgan fingerprint density at radius 2 is 1.60 bits per heavy atom. The van der Waals surface area contributed by atoms with Gasteiger partial charge in [-0.15, -0.1) is 15.3 Å². The number of rotatable bonds is 3. The number of amidine groups is 1. The largest absolute Gasteiger partial charge is 0.369 e. The maximum atomic E-state index is 5.23. The highest BCUT2D eigenvalue weighted by Crippen LogP contribution is 2.10. The first-order chi connectivity index (χ1) is 9.40. The van der Waals surface area contributed by atoms with Gasteiger partial charge in [-0.2, -0.15) is 5.10 Å². The smallest absolute Gasteiger partial charge is 0.211 e. The Hall–Kier alpha value is -2.84. The van der Waals surface area contributed by atoms with Crippen molar-refractivity contribution in [1.29, 1.82) is 0 Å². The lowest BCUT2D eigenvalue weighted by Gasteiger charge is -2.21. The minimum Gasteiger partial charge on any atom is -0.369 e. The predicted octanol–water partition coefficient (Wildman–Crippen LogP) is -1.00. The zero-order chi connectivity index (χ0) is 15.1. The lowest BCUT2D eigenvalue weighted by Crippen LogP contribution is -2.27. The number of allylic oxidation sites excluding steroid dienone is 2. The summed E-state index contributed by atoms with van der Waals surface area (Å²) in [5, 5.41) is 15.0. The maximum Gasteiger partial charge on any atom is 0.211 e. The van der Waals surface area contributed by atoms with Gasteiger partial charge in [0, 0.05) is 18.3 Å². The van der Waals surface area contributed by atoms with Gasteiger partial charge in [-0.25, -0.2) is 0 Å². The van der Waals surface area contributed by atoms with Gasteiger partial charge >= 0.3 is 0 Å². The fraction of sp³-hybridized carbons (Fsp3) is 0.273. The second-order valence-corrected chi connectivity index (χ2v) is 4.02. The molecule has 0 amide bonds. The number of nitrogens with two attached hydrogens (primary N) is 4. The van der Waals surface area contributed by atoms with Gasteiger partial charge in [0.2, 0.25) is 11.9 Å². The Kier molecular flexibility index (Phi) is 5.27. The standard InChI is InChI=1S/C11H19N9/c1-7(16-18-10(12)13)9-4-3-5-20(6-9)8(2)17-19-11(14)15/h3-4,6H,5H2,1-2H3,(H4,12,13,18)(H4,14,15,19).